The molecule has 38 heavy (non-hydrogen) atoms. The molecule has 188 valence electrons. The lowest BCUT2D eigenvalue weighted by Gasteiger charge is -2.15. The number of fused-ring (bicyclic) bond motifs is 2. The van der Waals surface area contributed by atoms with Gasteiger partial charge in [-0.1, -0.05) is 18.2 Å². The number of hydrogen-bond donors (Lipinski definition) is 1. The fourth-order valence-corrected chi connectivity index (χ4v) is 5.27. The number of nitroso groups, excluding NO2 is 1. The third kappa shape index (κ3) is 3.71. The number of nitrogens with zero attached hydrogens (tertiary/aromatic N) is 8. The number of halogens is 1. The molecule has 0 aliphatic carbocycles. The van der Waals surface area contributed by atoms with E-state index in [1.54, 1.807) is 11.5 Å². The van der Waals surface area contributed by atoms with Crippen molar-refractivity contribution in [2.75, 3.05) is 5.73 Å². The van der Waals surface area contributed by atoms with Crippen molar-refractivity contribution >= 4 is 44.3 Å². The van der Waals surface area contributed by atoms with Crippen LogP contribution in [-0.2, 0) is 6.54 Å². The Morgan fingerprint density at radius 2 is 1.92 bits per heavy atom. The zero-order chi connectivity index (χ0) is 26.6. The Hall–Kier alpha value is -4.91. The Labute approximate surface area is 217 Å². The normalized spacial score (nSPS) is 11.4. The third-order valence-electron chi connectivity index (χ3n) is 6.22. The highest BCUT2D eigenvalue weighted by Gasteiger charge is 2.22. The van der Waals surface area contributed by atoms with Crippen LogP contribution < -0.4 is 11.3 Å². The topological polar surface area (TPSA) is 147 Å². The zero-order valence-electron chi connectivity index (χ0n) is 20.1. The van der Waals surface area contributed by atoms with Gasteiger partial charge >= 0.3 is 0 Å². The van der Waals surface area contributed by atoms with Crippen LogP contribution in [0.1, 0.15) is 17.1 Å². The largest absolute Gasteiger partial charge is 0.383 e. The zero-order valence-corrected chi connectivity index (χ0v) is 20.9. The van der Waals surface area contributed by atoms with Crippen LogP contribution in [0.3, 0.4) is 0 Å². The minimum atomic E-state index is -0.656. The van der Waals surface area contributed by atoms with Gasteiger partial charge in [0.05, 0.1) is 16.8 Å². The van der Waals surface area contributed by atoms with E-state index in [-0.39, 0.29) is 34.9 Å². The van der Waals surface area contributed by atoms with E-state index in [0.29, 0.717) is 38.5 Å². The average molecular weight is 528 g/mol. The summed E-state index contributed by atoms with van der Waals surface area (Å²) >= 11 is 1.14. The van der Waals surface area contributed by atoms with Gasteiger partial charge < -0.3 is 5.73 Å². The second-order valence-corrected chi connectivity index (χ2v) is 9.41. The van der Waals surface area contributed by atoms with Crippen molar-refractivity contribution in [2.24, 2.45) is 5.18 Å². The molecule has 0 unspecified atom stereocenters. The molecule has 0 amide bonds. The minimum absolute atomic E-state index is 0.0253. The fraction of sp³-hybridized carbons (Fsp3) is 0.120. The molecule has 6 rings (SSSR count). The number of nitrogens with two attached hydrogens (primary N) is 1. The Bertz CT molecular complexity index is 1960. The van der Waals surface area contributed by atoms with Gasteiger partial charge in [0.2, 0.25) is 0 Å². The minimum Gasteiger partial charge on any atom is -0.383 e. The van der Waals surface area contributed by atoms with Gasteiger partial charge in [0.1, 0.15) is 47.1 Å². The summed E-state index contributed by atoms with van der Waals surface area (Å²) in [6.07, 6.45) is 1.29. The number of para-hydroxylation sites is 1. The van der Waals surface area contributed by atoms with Gasteiger partial charge in [0, 0.05) is 11.6 Å². The number of aryl methyl sites for hydroxylation is 2. The lowest BCUT2D eigenvalue weighted by Crippen LogP contribution is -2.26. The molecular formula is C25H18FN9O2S. The summed E-state index contributed by atoms with van der Waals surface area (Å²) in [5.74, 6) is -0.140. The summed E-state index contributed by atoms with van der Waals surface area (Å²) < 4.78 is 21.7. The molecule has 0 aliphatic heterocycles. The molecule has 6 aromatic rings. The maximum Gasteiger partial charge on any atom is 0.268 e. The first-order valence-electron chi connectivity index (χ1n) is 11.4. The van der Waals surface area contributed by atoms with Crippen molar-refractivity contribution in [3.8, 4) is 16.9 Å². The maximum absolute atomic E-state index is 14.3. The predicted octanol–water partition coefficient (Wildman–Crippen LogP) is 4.43. The Morgan fingerprint density at radius 3 is 2.71 bits per heavy atom. The highest BCUT2D eigenvalue weighted by Crippen LogP contribution is 2.33. The smallest absolute Gasteiger partial charge is 0.268 e. The van der Waals surface area contributed by atoms with Crippen molar-refractivity contribution in [1.82, 2.24) is 33.7 Å². The number of anilines is 1. The fourth-order valence-electron chi connectivity index (χ4n) is 4.49. The molecular weight excluding hydrogens is 509 g/mol. The molecule has 2 N–H and O–H groups in total. The van der Waals surface area contributed by atoms with Crippen LogP contribution in [0.5, 0.6) is 0 Å². The lowest BCUT2D eigenvalue weighted by molar-refractivity contribution is 0.628. The van der Waals surface area contributed by atoms with E-state index in [0.717, 1.165) is 23.2 Å². The predicted molar refractivity (Wildman–Crippen MR) is 142 cm³/mol. The van der Waals surface area contributed by atoms with Crippen LogP contribution in [-0.4, -0.2) is 33.7 Å². The van der Waals surface area contributed by atoms with Crippen LogP contribution in [0.15, 0.2) is 58.8 Å². The number of nitrogen functional groups attached to an aromatic ring is 1. The average Bonchev–Trinajstić information content (AvgIpc) is 3.46. The van der Waals surface area contributed by atoms with Crippen molar-refractivity contribution in [3.63, 3.8) is 0 Å². The molecule has 0 spiro atoms. The first-order valence-corrected chi connectivity index (χ1v) is 12.2. The summed E-state index contributed by atoms with van der Waals surface area (Å²) in [4.78, 5) is 38.6. The van der Waals surface area contributed by atoms with E-state index in [4.69, 9.17) is 10.7 Å². The molecule has 2 aromatic carbocycles. The molecule has 13 heteroatoms. The molecule has 0 atom stereocenters. The van der Waals surface area contributed by atoms with Crippen molar-refractivity contribution in [1.29, 1.82) is 0 Å². The first-order chi connectivity index (χ1) is 18.4. The monoisotopic (exact) mass is 527 g/mol. The van der Waals surface area contributed by atoms with E-state index < -0.39 is 5.82 Å². The molecule has 4 aromatic heterocycles. The Balaban J connectivity index is 1.61. The lowest BCUT2D eigenvalue weighted by atomic mass is 10.1. The van der Waals surface area contributed by atoms with Gasteiger partial charge in [-0.15, -0.1) is 4.91 Å². The molecule has 0 fully saturated rings. The van der Waals surface area contributed by atoms with Crippen molar-refractivity contribution in [2.45, 2.75) is 20.4 Å². The molecule has 11 nitrogen and oxygen atoms in total. The van der Waals surface area contributed by atoms with E-state index in [1.807, 2.05) is 31.2 Å². The van der Waals surface area contributed by atoms with Crippen molar-refractivity contribution < 1.29 is 4.39 Å². The van der Waals surface area contributed by atoms with Gasteiger partial charge in [0.25, 0.3) is 5.56 Å². The molecule has 0 bridgehead atoms. The summed E-state index contributed by atoms with van der Waals surface area (Å²) in [6, 6.07) is 11.1. The second kappa shape index (κ2) is 8.88. The molecule has 0 saturated heterocycles. The van der Waals surface area contributed by atoms with Gasteiger partial charge in [0.15, 0.2) is 10.5 Å². The molecule has 0 radical (unpaired) electrons. The van der Waals surface area contributed by atoms with Gasteiger partial charge in [-0.3, -0.25) is 9.36 Å². The van der Waals surface area contributed by atoms with Crippen LogP contribution >= 0.6 is 11.5 Å². The summed E-state index contributed by atoms with van der Waals surface area (Å²) in [7, 11) is 0. The summed E-state index contributed by atoms with van der Waals surface area (Å²) in [5, 5.41) is 8.33. The number of benzene rings is 2. The summed E-state index contributed by atoms with van der Waals surface area (Å²) in [6.45, 7) is 3.71. The molecule has 0 saturated carbocycles. The number of hydrogen-bond acceptors (Lipinski definition) is 10. The van der Waals surface area contributed by atoms with Crippen LogP contribution in [0.2, 0.25) is 0 Å². The van der Waals surface area contributed by atoms with Gasteiger partial charge in [-0.25, -0.2) is 24.0 Å². The highest BCUT2D eigenvalue weighted by atomic mass is 32.1. The second-order valence-electron chi connectivity index (χ2n) is 8.66. The standard InChI is InChI=1S/C25H18FN9O2S/c1-12-5-3-4-6-17(12)35-18(30-24-19(25(35)36)13(2)33-38-24)10-34-23-20(22(27)28-11-29-23)21(31-34)14-7-15(26)9-16(8-14)32-37/h3-9,11H,10H2,1-2H3,(H2,27,28,29). The van der Waals surface area contributed by atoms with E-state index in [2.05, 4.69) is 24.6 Å². The van der Waals surface area contributed by atoms with Crippen molar-refractivity contribution in [3.05, 3.63) is 87.0 Å². The summed E-state index contributed by atoms with van der Waals surface area (Å²) in [5.41, 5.74) is 8.90. The van der Waals surface area contributed by atoms with Gasteiger partial charge in [-0.05, 0) is 54.3 Å². The van der Waals surface area contributed by atoms with Crippen LogP contribution in [0.25, 0.3) is 38.2 Å². The Kier molecular flexibility index (Phi) is 5.49. The quantitative estimate of drug-likeness (QED) is 0.324. The molecule has 4 heterocycles. The highest BCUT2D eigenvalue weighted by molar-refractivity contribution is 7.12. The van der Waals surface area contributed by atoms with E-state index >= 15 is 0 Å². The van der Waals surface area contributed by atoms with Crippen LogP contribution in [0, 0.1) is 24.6 Å². The number of aromatic nitrogens is 7. The van der Waals surface area contributed by atoms with E-state index in [9.17, 15) is 14.1 Å². The third-order valence-corrected chi connectivity index (χ3v) is 7.05. The molecule has 0 aliphatic rings. The SMILES string of the molecule is Cc1ccccc1-n1c(Cn2nc(-c3cc(F)cc(N=O)c3)c3c(N)ncnc32)nc2snc(C)c2c1=O. The van der Waals surface area contributed by atoms with E-state index in [1.165, 1.54) is 23.1 Å². The number of rotatable bonds is 5. The van der Waals surface area contributed by atoms with Crippen LogP contribution in [0.4, 0.5) is 15.9 Å². The Morgan fingerprint density at radius 1 is 1.11 bits per heavy atom. The van der Waals surface area contributed by atoms with Gasteiger partial charge in [-0.2, -0.15) is 9.47 Å². The first kappa shape index (κ1) is 23.5. The maximum atomic E-state index is 14.3.